The molecular formula is C15H21N3O4. The van der Waals surface area contributed by atoms with E-state index in [1.165, 1.54) is 12.1 Å². The van der Waals surface area contributed by atoms with Crippen molar-refractivity contribution in [1.29, 1.82) is 0 Å². The molecule has 120 valence electrons. The largest absolute Gasteiger partial charge is 0.373 e. The van der Waals surface area contributed by atoms with Gasteiger partial charge < -0.3 is 10.1 Å². The van der Waals surface area contributed by atoms with E-state index in [2.05, 4.69) is 5.32 Å². The zero-order valence-corrected chi connectivity index (χ0v) is 13.0. The Balaban J connectivity index is 2.00. The number of hydrogen-bond acceptors (Lipinski definition) is 5. The van der Waals surface area contributed by atoms with Crippen molar-refractivity contribution in [3.63, 3.8) is 0 Å². The summed E-state index contributed by atoms with van der Waals surface area (Å²) in [7, 11) is 0. The number of nitro benzene ring substituents is 1. The van der Waals surface area contributed by atoms with Crippen LogP contribution in [0.15, 0.2) is 18.2 Å². The maximum atomic E-state index is 12.2. The zero-order chi connectivity index (χ0) is 16.3. The summed E-state index contributed by atoms with van der Waals surface area (Å²) >= 11 is 0. The molecule has 1 aliphatic heterocycles. The number of nitrogens with zero attached hydrogens (tertiary/aromatic N) is 2. The summed E-state index contributed by atoms with van der Waals surface area (Å²) in [4.78, 5) is 24.5. The maximum Gasteiger partial charge on any atom is 0.271 e. The number of amides is 1. The average molecular weight is 307 g/mol. The van der Waals surface area contributed by atoms with E-state index in [1.807, 2.05) is 18.7 Å². The number of carbonyl (C=O) groups excluding carboxylic acids is 1. The molecule has 0 unspecified atom stereocenters. The first-order valence-electron chi connectivity index (χ1n) is 7.28. The Morgan fingerprint density at radius 3 is 2.64 bits per heavy atom. The summed E-state index contributed by atoms with van der Waals surface area (Å²) in [5, 5.41) is 13.6. The monoisotopic (exact) mass is 307 g/mol. The number of benzene rings is 1. The highest BCUT2D eigenvalue weighted by Gasteiger charge is 2.24. The smallest absolute Gasteiger partial charge is 0.271 e. The van der Waals surface area contributed by atoms with Crippen molar-refractivity contribution >= 4 is 17.3 Å². The lowest BCUT2D eigenvalue weighted by Crippen LogP contribution is -2.48. The molecular weight excluding hydrogens is 286 g/mol. The van der Waals surface area contributed by atoms with Gasteiger partial charge >= 0.3 is 0 Å². The van der Waals surface area contributed by atoms with Gasteiger partial charge in [-0.3, -0.25) is 19.8 Å². The van der Waals surface area contributed by atoms with Gasteiger partial charge in [0.1, 0.15) is 0 Å². The summed E-state index contributed by atoms with van der Waals surface area (Å²) in [6.07, 6.45) is 0.187. The maximum absolute atomic E-state index is 12.2. The quantitative estimate of drug-likeness (QED) is 0.679. The molecule has 0 bridgehead atoms. The van der Waals surface area contributed by atoms with E-state index in [9.17, 15) is 14.9 Å². The normalized spacial score (nSPS) is 22.3. The van der Waals surface area contributed by atoms with Crippen LogP contribution in [0.4, 0.5) is 11.4 Å². The van der Waals surface area contributed by atoms with E-state index in [4.69, 9.17) is 4.74 Å². The average Bonchev–Trinajstić information content (AvgIpc) is 2.39. The fourth-order valence-corrected chi connectivity index (χ4v) is 2.66. The summed E-state index contributed by atoms with van der Waals surface area (Å²) in [5.41, 5.74) is 1.24. The Kier molecular flexibility index (Phi) is 5.10. The number of non-ortho nitro benzene ring substituents is 1. The molecule has 7 nitrogen and oxygen atoms in total. The molecule has 1 saturated heterocycles. The third-order valence-electron chi connectivity index (χ3n) is 3.57. The lowest BCUT2D eigenvalue weighted by Gasteiger charge is -2.34. The van der Waals surface area contributed by atoms with E-state index in [0.717, 1.165) is 5.56 Å². The van der Waals surface area contributed by atoms with Crippen LogP contribution in [0.25, 0.3) is 0 Å². The molecule has 1 amide bonds. The summed E-state index contributed by atoms with van der Waals surface area (Å²) in [6.45, 7) is 7.41. The number of hydrogen-bond donors (Lipinski definition) is 1. The second-order valence-corrected chi connectivity index (χ2v) is 5.76. The van der Waals surface area contributed by atoms with Gasteiger partial charge in [0.15, 0.2) is 0 Å². The van der Waals surface area contributed by atoms with Gasteiger partial charge in [0, 0.05) is 25.2 Å². The highest BCUT2D eigenvalue weighted by molar-refractivity contribution is 5.93. The molecule has 7 heteroatoms. The SMILES string of the molecule is Cc1ccc([N+](=O)[O-])cc1NC(=O)CN1C[C@@H](C)O[C@@H](C)C1. The van der Waals surface area contributed by atoms with Gasteiger partial charge in [-0.25, -0.2) is 0 Å². The topological polar surface area (TPSA) is 84.7 Å². The van der Waals surface area contributed by atoms with Crippen molar-refractivity contribution in [3.05, 3.63) is 33.9 Å². The third kappa shape index (κ3) is 4.25. The van der Waals surface area contributed by atoms with Gasteiger partial charge in [0.05, 0.1) is 29.4 Å². The molecule has 22 heavy (non-hydrogen) atoms. The number of aryl methyl sites for hydroxylation is 1. The van der Waals surface area contributed by atoms with Crippen LogP contribution in [0.1, 0.15) is 19.4 Å². The Morgan fingerprint density at radius 2 is 2.05 bits per heavy atom. The minimum absolute atomic E-state index is 0.0329. The predicted molar refractivity (Wildman–Crippen MR) is 82.9 cm³/mol. The van der Waals surface area contributed by atoms with Gasteiger partial charge in [0.25, 0.3) is 5.69 Å². The van der Waals surface area contributed by atoms with E-state index in [1.54, 1.807) is 13.0 Å². The number of anilines is 1. The molecule has 2 atom stereocenters. The third-order valence-corrected chi connectivity index (χ3v) is 3.57. The Hall–Kier alpha value is -1.99. The van der Waals surface area contributed by atoms with Crippen molar-refractivity contribution in [1.82, 2.24) is 4.90 Å². The van der Waals surface area contributed by atoms with Crippen molar-refractivity contribution in [2.24, 2.45) is 0 Å². The molecule has 1 aliphatic rings. The van der Waals surface area contributed by atoms with E-state index in [-0.39, 0.29) is 30.3 Å². The fourth-order valence-electron chi connectivity index (χ4n) is 2.66. The first-order valence-corrected chi connectivity index (χ1v) is 7.28. The summed E-state index contributed by atoms with van der Waals surface area (Å²) in [6, 6.07) is 4.45. The van der Waals surface area contributed by atoms with Gasteiger partial charge in [-0.15, -0.1) is 0 Å². The Bertz CT molecular complexity index is 566. The first kappa shape index (κ1) is 16.4. The van der Waals surface area contributed by atoms with Gasteiger partial charge in [-0.05, 0) is 26.3 Å². The molecule has 0 spiro atoms. The Labute approximate surface area is 129 Å². The molecule has 0 radical (unpaired) electrons. The number of ether oxygens (including phenoxy) is 1. The molecule has 2 rings (SSSR count). The van der Waals surface area contributed by atoms with Crippen LogP contribution in [-0.4, -0.2) is 47.6 Å². The molecule has 0 aromatic heterocycles. The molecule has 1 aromatic carbocycles. The van der Waals surface area contributed by atoms with Crippen LogP contribution in [-0.2, 0) is 9.53 Å². The van der Waals surface area contributed by atoms with Crippen LogP contribution < -0.4 is 5.32 Å². The minimum atomic E-state index is -0.472. The first-order chi connectivity index (χ1) is 10.3. The lowest BCUT2D eigenvalue weighted by atomic mass is 10.1. The Morgan fingerprint density at radius 1 is 1.41 bits per heavy atom. The second-order valence-electron chi connectivity index (χ2n) is 5.76. The lowest BCUT2D eigenvalue weighted by molar-refractivity contribution is -0.384. The van der Waals surface area contributed by atoms with Crippen LogP contribution in [0.3, 0.4) is 0 Å². The van der Waals surface area contributed by atoms with Crippen LogP contribution in [0.5, 0.6) is 0 Å². The molecule has 0 aliphatic carbocycles. The zero-order valence-electron chi connectivity index (χ0n) is 13.0. The summed E-state index contributed by atoms with van der Waals surface area (Å²) in [5.74, 6) is -0.176. The highest BCUT2D eigenvalue weighted by atomic mass is 16.6. The molecule has 1 aromatic rings. The number of nitrogens with one attached hydrogen (secondary N) is 1. The minimum Gasteiger partial charge on any atom is -0.373 e. The van der Waals surface area contributed by atoms with Gasteiger partial charge in [0.2, 0.25) is 5.91 Å². The number of carbonyl (C=O) groups is 1. The van der Waals surface area contributed by atoms with E-state index in [0.29, 0.717) is 18.8 Å². The number of rotatable bonds is 4. The van der Waals surface area contributed by atoms with Crippen LogP contribution in [0, 0.1) is 17.0 Å². The van der Waals surface area contributed by atoms with Crippen molar-refractivity contribution < 1.29 is 14.5 Å². The van der Waals surface area contributed by atoms with Crippen LogP contribution in [0.2, 0.25) is 0 Å². The molecule has 1 fully saturated rings. The van der Waals surface area contributed by atoms with E-state index < -0.39 is 4.92 Å². The molecule has 1 heterocycles. The molecule has 0 saturated carbocycles. The highest BCUT2D eigenvalue weighted by Crippen LogP contribution is 2.22. The van der Waals surface area contributed by atoms with Crippen molar-refractivity contribution in [2.45, 2.75) is 33.0 Å². The van der Waals surface area contributed by atoms with Gasteiger partial charge in [-0.1, -0.05) is 6.07 Å². The van der Waals surface area contributed by atoms with Gasteiger partial charge in [-0.2, -0.15) is 0 Å². The standard InChI is InChI=1S/C15H21N3O4/c1-10-4-5-13(18(20)21)6-14(10)16-15(19)9-17-7-11(2)22-12(3)8-17/h4-6,11-12H,7-9H2,1-3H3,(H,16,19)/t11-,12+. The summed E-state index contributed by atoms with van der Waals surface area (Å²) < 4.78 is 5.63. The fraction of sp³-hybridized carbons (Fsp3) is 0.533. The predicted octanol–water partition coefficient (Wildman–Crippen LogP) is 1.95. The second kappa shape index (κ2) is 6.85. The van der Waals surface area contributed by atoms with E-state index >= 15 is 0 Å². The molecule has 1 N–H and O–H groups in total. The van der Waals surface area contributed by atoms with Crippen LogP contribution >= 0.6 is 0 Å². The van der Waals surface area contributed by atoms with Crippen molar-refractivity contribution in [3.8, 4) is 0 Å². The number of morpholine rings is 1. The number of nitro groups is 1. The van der Waals surface area contributed by atoms with Crippen molar-refractivity contribution in [2.75, 3.05) is 25.0 Å².